The topological polar surface area (TPSA) is 60.2 Å². The van der Waals surface area contributed by atoms with Gasteiger partial charge >= 0.3 is 0 Å². The van der Waals surface area contributed by atoms with Crippen LogP contribution in [0.1, 0.15) is 0 Å². The summed E-state index contributed by atoms with van der Waals surface area (Å²) in [5.41, 5.74) is 1.64. The van der Waals surface area contributed by atoms with E-state index in [-0.39, 0.29) is 6.61 Å². The Balaban J connectivity index is 2.17. The molecule has 2 aromatic heterocycles. The molecule has 0 aliphatic rings. The van der Waals surface area contributed by atoms with E-state index in [0.717, 1.165) is 11.2 Å². The number of aliphatic hydroxyl groups is 1. The van der Waals surface area contributed by atoms with Gasteiger partial charge in [-0.3, -0.25) is 4.57 Å². The summed E-state index contributed by atoms with van der Waals surface area (Å²) in [4.78, 5) is 8.33. The van der Waals surface area contributed by atoms with E-state index < -0.39 is 0 Å². The van der Waals surface area contributed by atoms with Gasteiger partial charge in [-0.25, -0.2) is 9.97 Å². The van der Waals surface area contributed by atoms with Crippen molar-refractivity contribution in [1.82, 2.24) is 14.5 Å². The van der Waals surface area contributed by atoms with Crippen molar-refractivity contribution < 1.29 is 9.84 Å². The Kier molecular flexibility index (Phi) is 2.71. The molecule has 0 saturated carbocycles. The number of rotatable bonds is 4. The minimum Gasteiger partial charge on any atom is -0.394 e. The summed E-state index contributed by atoms with van der Waals surface area (Å²) >= 11 is 0. The Morgan fingerprint density at radius 2 is 2.36 bits per heavy atom. The van der Waals surface area contributed by atoms with Gasteiger partial charge in [-0.05, 0) is 12.1 Å². The molecule has 0 saturated heterocycles. The molecule has 1 N–H and O–H groups in total. The first-order valence-corrected chi connectivity index (χ1v) is 4.36. The van der Waals surface area contributed by atoms with Gasteiger partial charge in [0.15, 0.2) is 5.65 Å². The van der Waals surface area contributed by atoms with Gasteiger partial charge in [0.2, 0.25) is 0 Å². The molecular weight excluding hydrogens is 182 g/mol. The normalized spacial score (nSPS) is 10.9. The Labute approximate surface area is 81.0 Å². The lowest BCUT2D eigenvalue weighted by atomic mass is 10.4. The minimum absolute atomic E-state index is 0.0278. The Bertz CT molecular complexity index is 413. The van der Waals surface area contributed by atoms with Crippen molar-refractivity contribution in [2.75, 3.05) is 13.2 Å². The summed E-state index contributed by atoms with van der Waals surface area (Å²) < 4.78 is 6.96. The first-order valence-electron chi connectivity index (χ1n) is 4.36. The van der Waals surface area contributed by atoms with E-state index in [9.17, 15) is 0 Å². The predicted octanol–water partition coefficient (Wildman–Crippen LogP) is 0.398. The average Bonchev–Trinajstić information content (AvgIpc) is 2.63. The molecule has 0 unspecified atom stereocenters. The van der Waals surface area contributed by atoms with Crippen LogP contribution in [0.25, 0.3) is 11.2 Å². The van der Waals surface area contributed by atoms with Crippen LogP contribution < -0.4 is 0 Å². The summed E-state index contributed by atoms with van der Waals surface area (Å²) in [6.07, 6.45) is 3.39. The van der Waals surface area contributed by atoms with Crippen LogP contribution in [0.3, 0.4) is 0 Å². The lowest BCUT2D eigenvalue weighted by molar-refractivity contribution is 0.0499. The first-order chi connectivity index (χ1) is 6.92. The van der Waals surface area contributed by atoms with Gasteiger partial charge in [0.1, 0.15) is 12.2 Å². The Morgan fingerprint density at radius 1 is 1.43 bits per heavy atom. The molecule has 0 aromatic carbocycles. The second-order valence-electron chi connectivity index (χ2n) is 2.82. The molecule has 0 atom stereocenters. The number of hydrogen-bond acceptors (Lipinski definition) is 4. The van der Waals surface area contributed by atoms with E-state index in [1.807, 2.05) is 12.1 Å². The molecule has 0 aliphatic carbocycles. The first kappa shape index (κ1) is 9.11. The Hall–Kier alpha value is -1.46. The van der Waals surface area contributed by atoms with Gasteiger partial charge in [-0.1, -0.05) is 0 Å². The molecule has 0 fully saturated rings. The van der Waals surface area contributed by atoms with E-state index in [4.69, 9.17) is 9.84 Å². The summed E-state index contributed by atoms with van der Waals surface area (Å²) in [6, 6.07) is 3.74. The van der Waals surface area contributed by atoms with Crippen molar-refractivity contribution in [3.8, 4) is 0 Å². The fraction of sp³-hybridized carbons (Fsp3) is 0.333. The highest BCUT2D eigenvalue weighted by Crippen LogP contribution is 2.07. The third-order valence-electron chi connectivity index (χ3n) is 1.84. The fourth-order valence-corrected chi connectivity index (χ4v) is 1.22. The van der Waals surface area contributed by atoms with Crippen molar-refractivity contribution in [3.63, 3.8) is 0 Å². The predicted molar refractivity (Wildman–Crippen MR) is 50.6 cm³/mol. The minimum atomic E-state index is 0.0278. The van der Waals surface area contributed by atoms with E-state index in [1.54, 1.807) is 17.1 Å². The van der Waals surface area contributed by atoms with Gasteiger partial charge in [0.05, 0.1) is 19.5 Å². The molecule has 2 rings (SSSR count). The summed E-state index contributed by atoms with van der Waals surface area (Å²) in [7, 11) is 0. The zero-order valence-electron chi connectivity index (χ0n) is 7.63. The average molecular weight is 193 g/mol. The maximum absolute atomic E-state index is 8.54. The fourth-order valence-electron chi connectivity index (χ4n) is 1.22. The zero-order chi connectivity index (χ0) is 9.80. The third kappa shape index (κ3) is 1.73. The summed E-state index contributed by atoms with van der Waals surface area (Å²) in [5.74, 6) is 0. The smallest absolute Gasteiger partial charge is 0.161 e. The Morgan fingerprint density at radius 3 is 3.21 bits per heavy atom. The van der Waals surface area contributed by atoms with Crippen molar-refractivity contribution in [2.24, 2.45) is 0 Å². The molecule has 2 aromatic rings. The molecule has 0 spiro atoms. The van der Waals surface area contributed by atoms with Gasteiger partial charge in [-0.2, -0.15) is 0 Å². The highest BCUT2D eigenvalue weighted by atomic mass is 16.5. The van der Waals surface area contributed by atoms with Crippen LogP contribution >= 0.6 is 0 Å². The number of ether oxygens (including phenoxy) is 1. The monoisotopic (exact) mass is 193 g/mol. The number of aromatic nitrogens is 3. The molecule has 2 heterocycles. The van der Waals surface area contributed by atoms with Gasteiger partial charge < -0.3 is 9.84 Å². The van der Waals surface area contributed by atoms with E-state index >= 15 is 0 Å². The number of hydrogen-bond donors (Lipinski definition) is 1. The SMILES string of the molecule is OCCOCn1cnc2cccnc21. The highest BCUT2D eigenvalue weighted by molar-refractivity contribution is 5.69. The number of imidazole rings is 1. The maximum atomic E-state index is 8.54. The lowest BCUT2D eigenvalue weighted by Gasteiger charge is -2.03. The number of nitrogens with zero attached hydrogens (tertiary/aromatic N) is 3. The number of pyridine rings is 1. The van der Waals surface area contributed by atoms with Crippen LogP contribution in [0.15, 0.2) is 24.7 Å². The molecule has 74 valence electrons. The molecule has 0 radical (unpaired) electrons. The summed E-state index contributed by atoms with van der Waals surface area (Å²) in [5, 5.41) is 8.54. The third-order valence-corrected chi connectivity index (χ3v) is 1.84. The van der Waals surface area contributed by atoms with E-state index in [0.29, 0.717) is 13.3 Å². The number of fused-ring (bicyclic) bond motifs is 1. The van der Waals surface area contributed by atoms with Crippen molar-refractivity contribution >= 4 is 11.2 Å². The molecular formula is C9H11N3O2. The molecule has 0 bridgehead atoms. The quantitative estimate of drug-likeness (QED) is 0.714. The van der Waals surface area contributed by atoms with Crippen molar-refractivity contribution in [2.45, 2.75) is 6.73 Å². The standard InChI is InChI=1S/C9H11N3O2/c13-4-5-14-7-12-6-11-8-2-1-3-10-9(8)12/h1-3,6,13H,4-5,7H2. The van der Waals surface area contributed by atoms with E-state index in [2.05, 4.69) is 9.97 Å². The van der Waals surface area contributed by atoms with Gasteiger partial charge in [0.25, 0.3) is 0 Å². The lowest BCUT2D eigenvalue weighted by Crippen LogP contribution is -2.05. The largest absolute Gasteiger partial charge is 0.394 e. The molecule has 0 amide bonds. The van der Waals surface area contributed by atoms with Crippen LogP contribution in [0, 0.1) is 0 Å². The summed E-state index contributed by atoms with van der Waals surface area (Å²) in [6.45, 7) is 0.723. The van der Waals surface area contributed by atoms with Gasteiger partial charge in [0, 0.05) is 6.20 Å². The van der Waals surface area contributed by atoms with Crippen molar-refractivity contribution in [1.29, 1.82) is 0 Å². The van der Waals surface area contributed by atoms with Gasteiger partial charge in [-0.15, -0.1) is 0 Å². The highest BCUT2D eigenvalue weighted by Gasteiger charge is 2.01. The zero-order valence-corrected chi connectivity index (χ0v) is 7.63. The molecule has 5 nitrogen and oxygen atoms in total. The molecule has 14 heavy (non-hydrogen) atoms. The second-order valence-corrected chi connectivity index (χ2v) is 2.82. The molecule has 5 heteroatoms. The van der Waals surface area contributed by atoms with Crippen LogP contribution in [-0.4, -0.2) is 32.9 Å². The maximum Gasteiger partial charge on any atom is 0.161 e. The molecule has 0 aliphatic heterocycles. The van der Waals surface area contributed by atoms with Crippen LogP contribution in [-0.2, 0) is 11.5 Å². The van der Waals surface area contributed by atoms with Crippen molar-refractivity contribution in [3.05, 3.63) is 24.7 Å². The van der Waals surface area contributed by atoms with Crippen LogP contribution in [0.5, 0.6) is 0 Å². The van der Waals surface area contributed by atoms with Crippen LogP contribution in [0.4, 0.5) is 0 Å². The van der Waals surface area contributed by atoms with E-state index in [1.165, 1.54) is 0 Å². The van der Waals surface area contributed by atoms with Crippen LogP contribution in [0.2, 0.25) is 0 Å². The number of aliphatic hydroxyl groups excluding tert-OH is 1. The second kappa shape index (κ2) is 4.17.